The SMILES string of the molecule is CCOc1ccc(-c2ccnc(N3CCN(C(=O)c4cncc(Br)c4)CC3)n2)cc1. The third-order valence-electron chi connectivity index (χ3n) is 4.91. The maximum Gasteiger partial charge on any atom is 0.255 e. The fraction of sp³-hybridized carbons (Fsp3) is 0.273. The first kappa shape index (κ1) is 20.3. The number of anilines is 1. The van der Waals surface area contributed by atoms with Crippen molar-refractivity contribution in [2.75, 3.05) is 37.7 Å². The lowest BCUT2D eigenvalue weighted by molar-refractivity contribution is 0.0745. The summed E-state index contributed by atoms with van der Waals surface area (Å²) in [6.07, 6.45) is 5.05. The van der Waals surface area contributed by atoms with E-state index >= 15 is 0 Å². The minimum atomic E-state index is -0.00694. The second kappa shape index (κ2) is 9.21. The van der Waals surface area contributed by atoms with Gasteiger partial charge in [0.25, 0.3) is 5.91 Å². The van der Waals surface area contributed by atoms with Crippen LogP contribution in [0.3, 0.4) is 0 Å². The van der Waals surface area contributed by atoms with Crippen LogP contribution in [0, 0.1) is 0 Å². The van der Waals surface area contributed by atoms with Crippen molar-refractivity contribution in [1.82, 2.24) is 19.9 Å². The van der Waals surface area contributed by atoms with Gasteiger partial charge >= 0.3 is 0 Å². The zero-order chi connectivity index (χ0) is 20.9. The highest BCUT2D eigenvalue weighted by atomic mass is 79.9. The molecule has 0 atom stereocenters. The summed E-state index contributed by atoms with van der Waals surface area (Å²) in [5, 5.41) is 0. The highest BCUT2D eigenvalue weighted by Gasteiger charge is 2.24. The van der Waals surface area contributed by atoms with Crippen LogP contribution < -0.4 is 9.64 Å². The van der Waals surface area contributed by atoms with E-state index in [-0.39, 0.29) is 5.91 Å². The summed E-state index contributed by atoms with van der Waals surface area (Å²) in [4.78, 5) is 29.9. The molecule has 0 aliphatic carbocycles. The third-order valence-corrected chi connectivity index (χ3v) is 5.34. The molecule has 0 unspecified atom stereocenters. The van der Waals surface area contributed by atoms with Crippen molar-refractivity contribution >= 4 is 27.8 Å². The molecule has 1 saturated heterocycles. The van der Waals surface area contributed by atoms with Crippen molar-refractivity contribution in [3.05, 3.63) is 65.0 Å². The molecule has 0 saturated carbocycles. The second-order valence-corrected chi connectivity index (χ2v) is 7.79. The van der Waals surface area contributed by atoms with Gasteiger partial charge in [0.05, 0.1) is 17.9 Å². The Morgan fingerprint density at radius 2 is 1.87 bits per heavy atom. The van der Waals surface area contributed by atoms with E-state index in [0.717, 1.165) is 21.5 Å². The van der Waals surface area contributed by atoms with E-state index in [1.807, 2.05) is 42.2 Å². The number of carbonyl (C=O) groups excluding carboxylic acids is 1. The summed E-state index contributed by atoms with van der Waals surface area (Å²) >= 11 is 3.37. The van der Waals surface area contributed by atoms with Crippen molar-refractivity contribution in [2.24, 2.45) is 0 Å². The molecule has 2 aromatic heterocycles. The quantitative estimate of drug-likeness (QED) is 0.569. The molecular formula is C22H22BrN5O2. The lowest BCUT2D eigenvalue weighted by Gasteiger charge is -2.34. The van der Waals surface area contributed by atoms with Gasteiger partial charge in [0.15, 0.2) is 0 Å². The Kier molecular flexibility index (Phi) is 6.23. The first-order valence-corrected chi connectivity index (χ1v) is 10.6. The van der Waals surface area contributed by atoms with E-state index in [9.17, 15) is 4.79 Å². The third kappa shape index (κ3) is 4.59. The molecule has 30 heavy (non-hydrogen) atoms. The molecule has 1 aromatic carbocycles. The smallest absolute Gasteiger partial charge is 0.255 e. The summed E-state index contributed by atoms with van der Waals surface area (Å²) in [7, 11) is 0. The number of carbonyl (C=O) groups is 1. The number of hydrogen-bond donors (Lipinski definition) is 0. The molecule has 0 bridgehead atoms. The van der Waals surface area contributed by atoms with Gasteiger partial charge in [-0.3, -0.25) is 9.78 Å². The highest BCUT2D eigenvalue weighted by Crippen LogP contribution is 2.23. The number of halogens is 1. The van der Waals surface area contributed by atoms with E-state index in [1.54, 1.807) is 24.7 Å². The molecule has 8 heteroatoms. The van der Waals surface area contributed by atoms with E-state index < -0.39 is 0 Å². The van der Waals surface area contributed by atoms with Crippen LogP contribution in [0.15, 0.2) is 59.5 Å². The fourth-order valence-corrected chi connectivity index (χ4v) is 3.74. The predicted molar refractivity (Wildman–Crippen MR) is 119 cm³/mol. The lowest BCUT2D eigenvalue weighted by atomic mass is 10.1. The average molecular weight is 468 g/mol. The van der Waals surface area contributed by atoms with Gasteiger partial charge in [-0.1, -0.05) is 0 Å². The number of nitrogens with zero attached hydrogens (tertiary/aromatic N) is 5. The minimum Gasteiger partial charge on any atom is -0.494 e. The molecule has 7 nitrogen and oxygen atoms in total. The number of aromatic nitrogens is 3. The molecule has 3 aromatic rings. The summed E-state index contributed by atoms with van der Waals surface area (Å²) in [6, 6.07) is 11.6. The van der Waals surface area contributed by atoms with Crippen molar-refractivity contribution in [3.63, 3.8) is 0 Å². The van der Waals surface area contributed by atoms with Gasteiger partial charge in [0.1, 0.15) is 5.75 Å². The van der Waals surface area contributed by atoms with Crippen molar-refractivity contribution in [2.45, 2.75) is 6.92 Å². The van der Waals surface area contributed by atoms with E-state index in [4.69, 9.17) is 9.72 Å². The Morgan fingerprint density at radius 1 is 1.10 bits per heavy atom. The fourth-order valence-electron chi connectivity index (χ4n) is 3.37. The number of pyridine rings is 1. The van der Waals surface area contributed by atoms with Gasteiger partial charge in [-0.2, -0.15) is 0 Å². The molecule has 1 fully saturated rings. The normalized spacial score (nSPS) is 13.9. The van der Waals surface area contributed by atoms with Crippen LogP contribution in [0.1, 0.15) is 17.3 Å². The molecule has 0 spiro atoms. The molecule has 0 N–H and O–H groups in total. The molecule has 0 radical (unpaired) electrons. The Morgan fingerprint density at radius 3 is 2.57 bits per heavy atom. The summed E-state index contributed by atoms with van der Waals surface area (Å²) in [6.45, 7) is 5.20. The van der Waals surface area contributed by atoms with E-state index in [0.29, 0.717) is 44.3 Å². The second-order valence-electron chi connectivity index (χ2n) is 6.87. The standard InChI is InChI=1S/C22H22BrN5O2/c1-2-30-19-5-3-16(4-6-19)20-7-8-25-22(26-20)28-11-9-27(10-12-28)21(29)17-13-18(23)15-24-14-17/h3-8,13-15H,2,9-12H2,1H3. The topological polar surface area (TPSA) is 71.5 Å². The largest absolute Gasteiger partial charge is 0.494 e. The van der Waals surface area contributed by atoms with Gasteiger partial charge in [-0.05, 0) is 59.3 Å². The minimum absolute atomic E-state index is 0.00694. The number of benzene rings is 1. The van der Waals surface area contributed by atoms with Crippen molar-refractivity contribution in [3.8, 4) is 17.0 Å². The monoisotopic (exact) mass is 467 g/mol. The Labute approximate surface area is 183 Å². The molecule has 154 valence electrons. The van der Waals surface area contributed by atoms with Crippen LogP contribution in [0.5, 0.6) is 5.75 Å². The van der Waals surface area contributed by atoms with E-state index in [2.05, 4.69) is 30.8 Å². The zero-order valence-corrected chi connectivity index (χ0v) is 18.2. The Balaban J connectivity index is 1.42. The first-order valence-electron chi connectivity index (χ1n) is 9.85. The molecule has 1 aliphatic heterocycles. The van der Waals surface area contributed by atoms with Crippen LogP contribution in [0.25, 0.3) is 11.3 Å². The van der Waals surface area contributed by atoms with Crippen LogP contribution in [-0.4, -0.2) is 58.5 Å². The van der Waals surface area contributed by atoms with Crippen LogP contribution in [0.2, 0.25) is 0 Å². The number of piperazine rings is 1. The highest BCUT2D eigenvalue weighted by molar-refractivity contribution is 9.10. The Hall–Kier alpha value is -3.00. The van der Waals surface area contributed by atoms with Gasteiger partial charge in [0, 0.05) is 54.8 Å². The summed E-state index contributed by atoms with van der Waals surface area (Å²) in [5.74, 6) is 1.52. The molecular weight excluding hydrogens is 446 g/mol. The number of amides is 1. The van der Waals surface area contributed by atoms with Gasteiger partial charge in [-0.15, -0.1) is 0 Å². The predicted octanol–water partition coefficient (Wildman–Crippen LogP) is 3.66. The average Bonchev–Trinajstić information content (AvgIpc) is 2.79. The van der Waals surface area contributed by atoms with Crippen molar-refractivity contribution < 1.29 is 9.53 Å². The van der Waals surface area contributed by atoms with Crippen molar-refractivity contribution in [1.29, 1.82) is 0 Å². The van der Waals surface area contributed by atoms with E-state index in [1.165, 1.54) is 0 Å². The number of rotatable bonds is 5. The summed E-state index contributed by atoms with van der Waals surface area (Å²) in [5.41, 5.74) is 2.46. The number of hydrogen-bond acceptors (Lipinski definition) is 6. The zero-order valence-electron chi connectivity index (χ0n) is 16.7. The van der Waals surface area contributed by atoms with Crippen LogP contribution >= 0.6 is 15.9 Å². The van der Waals surface area contributed by atoms with Gasteiger partial charge in [0.2, 0.25) is 5.95 Å². The van der Waals surface area contributed by atoms with Crippen LogP contribution in [0.4, 0.5) is 5.95 Å². The molecule has 1 amide bonds. The number of ether oxygens (including phenoxy) is 1. The van der Waals surface area contributed by atoms with Crippen LogP contribution in [-0.2, 0) is 0 Å². The maximum absolute atomic E-state index is 12.7. The molecule has 3 heterocycles. The lowest BCUT2D eigenvalue weighted by Crippen LogP contribution is -2.49. The maximum atomic E-state index is 12.7. The molecule has 1 aliphatic rings. The van der Waals surface area contributed by atoms with Gasteiger partial charge < -0.3 is 14.5 Å². The first-order chi connectivity index (χ1) is 14.6. The molecule has 4 rings (SSSR count). The summed E-state index contributed by atoms with van der Waals surface area (Å²) < 4.78 is 6.30. The van der Waals surface area contributed by atoms with Gasteiger partial charge in [-0.25, -0.2) is 9.97 Å². The Bertz CT molecular complexity index is 1020.